The van der Waals surface area contributed by atoms with Gasteiger partial charge in [0, 0.05) is 28.6 Å². The van der Waals surface area contributed by atoms with Crippen LogP contribution in [0.5, 0.6) is 0 Å². The molecule has 0 aliphatic rings. The van der Waals surface area contributed by atoms with Crippen LogP contribution in [-0.4, -0.2) is 23.4 Å². The highest BCUT2D eigenvalue weighted by Crippen LogP contribution is 2.22. The molecule has 6 heteroatoms. The summed E-state index contributed by atoms with van der Waals surface area (Å²) in [5, 5.41) is 7.05. The van der Waals surface area contributed by atoms with E-state index in [0.29, 0.717) is 17.1 Å². The second-order valence-electron chi connectivity index (χ2n) is 5.18. The summed E-state index contributed by atoms with van der Waals surface area (Å²) in [5.74, 6) is -0.486. The summed E-state index contributed by atoms with van der Waals surface area (Å²) in [4.78, 5) is 23.9. The zero-order valence-corrected chi connectivity index (χ0v) is 13.4. The van der Waals surface area contributed by atoms with E-state index < -0.39 is 11.7 Å². The Morgan fingerprint density at radius 2 is 1.91 bits per heavy atom. The van der Waals surface area contributed by atoms with E-state index in [1.807, 2.05) is 20.8 Å². The third-order valence-electron chi connectivity index (χ3n) is 3.46. The largest absolute Gasteiger partial charge is 0.361 e. The maximum absolute atomic E-state index is 12.0. The Labute approximate surface area is 133 Å². The summed E-state index contributed by atoms with van der Waals surface area (Å²) >= 11 is 5.76. The highest BCUT2D eigenvalue weighted by atomic mass is 35.5. The van der Waals surface area contributed by atoms with Gasteiger partial charge < -0.3 is 9.84 Å². The van der Waals surface area contributed by atoms with E-state index in [1.165, 1.54) is 12.1 Å². The van der Waals surface area contributed by atoms with E-state index in [9.17, 15) is 9.59 Å². The topological polar surface area (TPSA) is 72.2 Å². The molecule has 0 saturated carbocycles. The number of benzene rings is 1. The molecule has 0 saturated heterocycles. The number of Topliss-reactive ketones (excluding diaryl/α,β-unsaturated/α-hetero) is 1. The smallest absolute Gasteiger partial charge is 0.292 e. The normalized spacial score (nSPS) is 12.0. The predicted octanol–water partition coefficient (Wildman–Crippen LogP) is 3.05. The van der Waals surface area contributed by atoms with Gasteiger partial charge in [0.25, 0.3) is 5.91 Å². The standard InChI is InChI=1S/C16H17ClN2O3/c1-9(14-10(2)19-22-11(14)3)8-18-16(21)15(20)12-4-6-13(17)7-5-12/h4-7,9H,8H2,1-3H3,(H,18,21). The Balaban J connectivity index is 1.98. The first kappa shape index (κ1) is 16.2. The first-order valence-electron chi connectivity index (χ1n) is 6.91. The average Bonchev–Trinajstić information content (AvgIpc) is 2.83. The molecule has 0 spiro atoms. The highest BCUT2D eigenvalue weighted by molar-refractivity contribution is 6.43. The number of carbonyl (C=O) groups is 2. The lowest BCUT2D eigenvalue weighted by Crippen LogP contribution is -2.33. The van der Waals surface area contributed by atoms with Crippen LogP contribution >= 0.6 is 11.6 Å². The zero-order valence-electron chi connectivity index (χ0n) is 12.6. The van der Waals surface area contributed by atoms with E-state index in [2.05, 4.69) is 10.5 Å². The maximum atomic E-state index is 12.0. The summed E-state index contributed by atoms with van der Waals surface area (Å²) in [5.41, 5.74) is 2.06. The molecule has 1 aromatic carbocycles. The minimum Gasteiger partial charge on any atom is -0.361 e. The van der Waals surface area contributed by atoms with Crippen LogP contribution in [0.2, 0.25) is 5.02 Å². The number of nitrogens with one attached hydrogen (secondary N) is 1. The van der Waals surface area contributed by atoms with Crippen LogP contribution < -0.4 is 5.32 Å². The Bertz CT molecular complexity index is 672. The Morgan fingerprint density at radius 1 is 1.27 bits per heavy atom. The minimum atomic E-state index is -0.638. The Kier molecular flexibility index (Phi) is 4.98. The number of nitrogens with zero attached hydrogens (tertiary/aromatic N) is 1. The molecule has 1 amide bonds. The van der Waals surface area contributed by atoms with Gasteiger partial charge in [-0.2, -0.15) is 0 Å². The van der Waals surface area contributed by atoms with Crippen LogP contribution in [0.25, 0.3) is 0 Å². The number of halogens is 1. The quantitative estimate of drug-likeness (QED) is 0.679. The molecule has 5 nitrogen and oxygen atoms in total. The van der Waals surface area contributed by atoms with Crippen molar-refractivity contribution in [3.63, 3.8) is 0 Å². The summed E-state index contributed by atoms with van der Waals surface area (Å²) in [6, 6.07) is 6.22. The fourth-order valence-electron chi connectivity index (χ4n) is 2.35. The molecule has 1 atom stereocenters. The van der Waals surface area contributed by atoms with Crippen molar-refractivity contribution in [1.82, 2.24) is 10.5 Å². The molecule has 22 heavy (non-hydrogen) atoms. The number of aryl methyl sites for hydroxylation is 2. The molecule has 116 valence electrons. The predicted molar refractivity (Wildman–Crippen MR) is 83.2 cm³/mol. The number of hydrogen-bond donors (Lipinski definition) is 1. The van der Waals surface area contributed by atoms with Gasteiger partial charge in [-0.25, -0.2) is 0 Å². The van der Waals surface area contributed by atoms with Gasteiger partial charge in [0.2, 0.25) is 5.78 Å². The van der Waals surface area contributed by atoms with Crippen molar-refractivity contribution in [2.75, 3.05) is 6.54 Å². The van der Waals surface area contributed by atoms with E-state index in [4.69, 9.17) is 16.1 Å². The maximum Gasteiger partial charge on any atom is 0.292 e. The Hall–Kier alpha value is -2.14. The Morgan fingerprint density at radius 3 is 2.45 bits per heavy atom. The van der Waals surface area contributed by atoms with Gasteiger partial charge >= 0.3 is 0 Å². The van der Waals surface area contributed by atoms with Gasteiger partial charge in [-0.3, -0.25) is 9.59 Å². The molecule has 2 aromatic rings. The molecule has 0 radical (unpaired) electrons. The van der Waals surface area contributed by atoms with Crippen molar-refractivity contribution < 1.29 is 14.1 Å². The van der Waals surface area contributed by atoms with E-state index >= 15 is 0 Å². The van der Waals surface area contributed by atoms with Crippen LogP contribution in [0.15, 0.2) is 28.8 Å². The fourth-order valence-corrected chi connectivity index (χ4v) is 2.48. The van der Waals surface area contributed by atoms with Crippen molar-refractivity contribution in [2.24, 2.45) is 0 Å². The molecule has 2 rings (SSSR count). The van der Waals surface area contributed by atoms with E-state index in [-0.39, 0.29) is 5.92 Å². The van der Waals surface area contributed by atoms with Crippen LogP contribution in [-0.2, 0) is 4.79 Å². The lowest BCUT2D eigenvalue weighted by Gasteiger charge is -2.12. The molecule has 1 heterocycles. The molecular weight excluding hydrogens is 304 g/mol. The van der Waals surface area contributed by atoms with Crippen LogP contribution in [0.1, 0.15) is 40.2 Å². The number of amides is 1. The zero-order chi connectivity index (χ0) is 16.3. The first-order chi connectivity index (χ1) is 10.4. The summed E-state index contributed by atoms with van der Waals surface area (Å²) in [7, 11) is 0. The number of aromatic nitrogens is 1. The van der Waals surface area contributed by atoms with Gasteiger partial charge in [0.15, 0.2) is 0 Å². The molecular formula is C16H17ClN2O3. The molecule has 1 unspecified atom stereocenters. The number of ketones is 1. The molecule has 0 aliphatic heterocycles. The second-order valence-corrected chi connectivity index (χ2v) is 5.62. The molecule has 1 aromatic heterocycles. The van der Waals surface area contributed by atoms with Crippen molar-refractivity contribution in [1.29, 1.82) is 0 Å². The SMILES string of the molecule is Cc1noc(C)c1C(C)CNC(=O)C(=O)c1ccc(Cl)cc1. The average molecular weight is 321 g/mol. The minimum absolute atomic E-state index is 0.00761. The van der Waals surface area contributed by atoms with Crippen molar-refractivity contribution in [3.05, 3.63) is 51.9 Å². The van der Waals surface area contributed by atoms with Gasteiger partial charge in [-0.05, 0) is 38.1 Å². The van der Waals surface area contributed by atoms with Gasteiger partial charge in [0.05, 0.1) is 5.69 Å². The fraction of sp³-hybridized carbons (Fsp3) is 0.312. The number of rotatable bonds is 5. The highest BCUT2D eigenvalue weighted by Gasteiger charge is 2.20. The number of carbonyl (C=O) groups excluding carboxylic acids is 2. The van der Waals surface area contributed by atoms with E-state index in [1.54, 1.807) is 12.1 Å². The van der Waals surface area contributed by atoms with Crippen LogP contribution in [0, 0.1) is 13.8 Å². The van der Waals surface area contributed by atoms with Crippen LogP contribution in [0.3, 0.4) is 0 Å². The third-order valence-corrected chi connectivity index (χ3v) is 3.71. The molecule has 0 aliphatic carbocycles. The van der Waals surface area contributed by atoms with Gasteiger partial charge in [-0.1, -0.05) is 23.7 Å². The van der Waals surface area contributed by atoms with E-state index in [0.717, 1.165) is 17.0 Å². The lowest BCUT2D eigenvalue weighted by molar-refractivity contribution is -0.117. The molecule has 0 fully saturated rings. The van der Waals surface area contributed by atoms with Crippen molar-refractivity contribution in [3.8, 4) is 0 Å². The number of hydrogen-bond acceptors (Lipinski definition) is 4. The van der Waals surface area contributed by atoms with Crippen molar-refractivity contribution in [2.45, 2.75) is 26.7 Å². The summed E-state index contributed by atoms with van der Waals surface area (Å²) < 4.78 is 5.11. The monoisotopic (exact) mass is 320 g/mol. The van der Waals surface area contributed by atoms with Crippen LogP contribution in [0.4, 0.5) is 0 Å². The van der Waals surface area contributed by atoms with Gasteiger partial charge in [0.1, 0.15) is 5.76 Å². The second kappa shape index (κ2) is 6.75. The molecule has 1 N–H and O–H groups in total. The summed E-state index contributed by atoms with van der Waals surface area (Å²) in [6.07, 6.45) is 0. The summed E-state index contributed by atoms with van der Waals surface area (Å²) in [6.45, 7) is 5.95. The van der Waals surface area contributed by atoms with Gasteiger partial charge in [-0.15, -0.1) is 0 Å². The molecule has 0 bridgehead atoms. The van der Waals surface area contributed by atoms with Crippen molar-refractivity contribution >= 4 is 23.3 Å². The first-order valence-corrected chi connectivity index (χ1v) is 7.28. The third kappa shape index (κ3) is 3.54. The lowest BCUT2D eigenvalue weighted by atomic mass is 9.99.